The molecule has 0 radical (unpaired) electrons. The van der Waals surface area contributed by atoms with Crippen molar-refractivity contribution in [3.63, 3.8) is 0 Å². The summed E-state index contributed by atoms with van der Waals surface area (Å²) in [5, 5.41) is 11.2. The normalized spacial score (nSPS) is 12.5. The van der Waals surface area contributed by atoms with Crippen LogP contribution >= 0.6 is 39.1 Å². The van der Waals surface area contributed by atoms with E-state index < -0.39 is 11.9 Å². The van der Waals surface area contributed by atoms with Crippen LogP contribution in [0.4, 0.5) is 4.39 Å². The zero-order chi connectivity index (χ0) is 14.0. The van der Waals surface area contributed by atoms with Crippen LogP contribution in [0.3, 0.4) is 0 Å². The molecular weight excluding hydrogens is 354 g/mol. The van der Waals surface area contributed by atoms with E-state index >= 15 is 0 Å². The van der Waals surface area contributed by atoms with Crippen molar-refractivity contribution in [3.05, 3.63) is 67.9 Å². The largest absolute Gasteiger partial charge is 0.388 e. The molecule has 1 unspecified atom stereocenters. The molecule has 2 rings (SSSR count). The van der Waals surface area contributed by atoms with Gasteiger partial charge in [0.2, 0.25) is 0 Å². The molecule has 1 atom stereocenters. The Labute approximate surface area is 129 Å². The monoisotopic (exact) mass is 362 g/mol. The van der Waals surface area contributed by atoms with Gasteiger partial charge in [-0.1, -0.05) is 41.4 Å². The minimum Gasteiger partial charge on any atom is -0.388 e. The highest BCUT2D eigenvalue weighted by molar-refractivity contribution is 9.10. The lowest BCUT2D eigenvalue weighted by atomic mass is 10.0. The van der Waals surface area contributed by atoms with Crippen molar-refractivity contribution < 1.29 is 9.50 Å². The highest BCUT2D eigenvalue weighted by Gasteiger charge is 2.17. The van der Waals surface area contributed by atoms with Crippen LogP contribution in [-0.2, 0) is 6.42 Å². The molecule has 0 aromatic heterocycles. The second-order valence-electron chi connectivity index (χ2n) is 4.06. The quantitative estimate of drug-likeness (QED) is 0.797. The third-order valence-electron chi connectivity index (χ3n) is 2.80. The predicted octanol–water partition coefficient (Wildman–Crippen LogP) is 5.17. The molecular formula is C14H10BrCl2FO. The molecule has 0 heterocycles. The summed E-state index contributed by atoms with van der Waals surface area (Å²) in [4.78, 5) is 0. The number of halogens is 4. The smallest absolute Gasteiger partial charge is 0.137 e. The first kappa shape index (κ1) is 14.8. The van der Waals surface area contributed by atoms with E-state index in [1.165, 1.54) is 6.07 Å². The van der Waals surface area contributed by atoms with Crippen LogP contribution in [0.1, 0.15) is 17.2 Å². The van der Waals surface area contributed by atoms with E-state index in [2.05, 4.69) is 15.9 Å². The molecule has 0 amide bonds. The Bertz CT molecular complexity index is 584. The van der Waals surface area contributed by atoms with Gasteiger partial charge in [0, 0.05) is 16.5 Å². The van der Waals surface area contributed by atoms with Crippen molar-refractivity contribution >= 4 is 39.1 Å². The summed E-state index contributed by atoms with van der Waals surface area (Å²) in [6.45, 7) is 0. The summed E-state index contributed by atoms with van der Waals surface area (Å²) < 4.78 is 13.7. The zero-order valence-electron chi connectivity index (χ0n) is 9.71. The number of aliphatic hydroxyl groups is 1. The molecule has 0 aliphatic rings. The maximum Gasteiger partial charge on any atom is 0.137 e. The molecule has 5 heteroatoms. The van der Waals surface area contributed by atoms with Gasteiger partial charge in [0.15, 0.2) is 0 Å². The highest BCUT2D eigenvalue weighted by atomic mass is 79.9. The Morgan fingerprint density at radius 3 is 2.32 bits per heavy atom. The average Bonchev–Trinajstić information content (AvgIpc) is 2.37. The molecule has 0 aliphatic carbocycles. The lowest BCUT2D eigenvalue weighted by Crippen LogP contribution is -2.04. The number of hydrogen-bond donors (Lipinski definition) is 1. The van der Waals surface area contributed by atoms with Crippen LogP contribution in [0, 0.1) is 5.82 Å². The van der Waals surface area contributed by atoms with Gasteiger partial charge >= 0.3 is 0 Å². The van der Waals surface area contributed by atoms with E-state index in [9.17, 15) is 9.50 Å². The highest BCUT2D eigenvalue weighted by Crippen LogP contribution is 2.32. The second kappa shape index (κ2) is 6.23. The Balaban J connectivity index is 2.31. The Kier molecular flexibility index (Phi) is 4.85. The molecule has 1 N–H and O–H groups in total. The van der Waals surface area contributed by atoms with E-state index in [4.69, 9.17) is 23.2 Å². The molecule has 0 aliphatic heterocycles. The topological polar surface area (TPSA) is 20.2 Å². The van der Waals surface area contributed by atoms with Gasteiger partial charge in [-0.25, -0.2) is 4.39 Å². The van der Waals surface area contributed by atoms with Crippen LogP contribution in [-0.4, -0.2) is 5.11 Å². The standard InChI is InChI=1S/C14H10BrCl2FO/c15-14-8(3-1-6-12(14)18)13(19)7-9-10(16)4-2-5-11(9)17/h1-6,13,19H,7H2. The summed E-state index contributed by atoms with van der Waals surface area (Å²) in [5.41, 5.74) is 1.12. The first-order valence-electron chi connectivity index (χ1n) is 5.55. The van der Waals surface area contributed by atoms with Gasteiger partial charge in [-0.15, -0.1) is 0 Å². The van der Waals surface area contributed by atoms with Gasteiger partial charge in [0.05, 0.1) is 10.6 Å². The van der Waals surface area contributed by atoms with Crippen molar-refractivity contribution in [1.29, 1.82) is 0 Å². The minimum atomic E-state index is -0.887. The summed E-state index contributed by atoms with van der Waals surface area (Å²) in [6.07, 6.45) is -0.664. The average molecular weight is 364 g/mol. The van der Waals surface area contributed by atoms with Gasteiger partial charge in [0.1, 0.15) is 5.82 Å². The summed E-state index contributed by atoms with van der Waals surface area (Å²) in [5.74, 6) is -0.415. The molecule has 0 spiro atoms. The molecule has 1 nitrogen and oxygen atoms in total. The second-order valence-corrected chi connectivity index (χ2v) is 5.67. The number of benzene rings is 2. The Hall–Kier alpha value is -0.610. The SMILES string of the molecule is OC(Cc1c(Cl)cccc1Cl)c1cccc(F)c1Br. The first-order chi connectivity index (χ1) is 9.00. The molecule has 100 valence electrons. The third-order valence-corrected chi connectivity index (χ3v) is 4.34. The number of hydrogen-bond acceptors (Lipinski definition) is 1. The van der Waals surface area contributed by atoms with Crippen molar-refractivity contribution in [2.75, 3.05) is 0 Å². The Morgan fingerprint density at radius 1 is 1.11 bits per heavy atom. The molecule has 19 heavy (non-hydrogen) atoms. The lowest BCUT2D eigenvalue weighted by Gasteiger charge is -2.15. The fraction of sp³-hybridized carbons (Fsp3) is 0.143. The van der Waals surface area contributed by atoms with Gasteiger partial charge < -0.3 is 5.11 Å². The predicted molar refractivity (Wildman–Crippen MR) is 79.2 cm³/mol. The van der Waals surface area contributed by atoms with E-state index in [-0.39, 0.29) is 10.9 Å². The van der Waals surface area contributed by atoms with Crippen molar-refractivity contribution in [2.24, 2.45) is 0 Å². The molecule has 0 bridgehead atoms. The fourth-order valence-corrected chi connectivity index (χ4v) is 2.89. The van der Waals surface area contributed by atoms with Crippen LogP contribution < -0.4 is 0 Å². The van der Waals surface area contributed by atoms with Gasteiger partial charge in [0.25, 0.3) is 0 Å². The van der Waals surface area contributed by atoms with Gasteiger partial charge in [-0.3, -0.25) is 0 Å². The molecule has 0 saturated carbocycles. The van der Waals surface area contributed by atoms with E-state index in [0.717, 1.165) is 0 Å². The zero-order valence-corrected chi connectivity index (χ0v) is 12.8. The fourth-order valence-electron chi connectivity index (χ4n) is 1.81. The van der Waals surface area contributed by atoms with Crippen LogP contribution in [0.15, 0.2) is 40.9 Å². The number of aliphatic hydroxyl groups excluding tert-OH is 1. The third kappa shape index (κ3) is 3.29. The summed E-state index contributed by atoms with van der Waals surface area (Å²) in [6, 6.07) is 9.67. The maximum atomic E-state index is 13.4. The van der Waals surface area contributed by atoms with Crippen molar-refractivity contribution in [1.82, 2.24) is 0 Å². The number of rotatable bonds is 3. The minimum absolute atomic E-state index is 0.223. The van der Waals surface area contributed by atoms with Crippen molar-refractivity contribution in [2.45, 2.75) is 12.5 Å². The van der Waals surface area contributed by atoms with Crippen LogP contribution in [0.25, 0.3) is 0 Å². The van der Waals surface area contributed by atoms with Crippen molar-refractivity contribution in [3.8, 4) is 0 Å². The molecule has 2 aromatic rings. The summed E-state index contributed by atoms with van der Waals surface area (Å²) >= 11 is 15.2. The molecule has 0 fully saturated rings. The lowest BCUT2D eigenvalue weighted by molar-refractivity contribution is 0.177. The molecule has 0 saturated heterocycles. The van der Waals surface area contributed by atoms with E-state index in [1.54, 1.807) is 30.3 Å². The van der Waals surface area contributed by atoms with Crippen LogP contribution in [0.5, 0.6) is 0 Å². The van der Waals surface area contributed by atoms with Gasteiger partial charge in [-0.05, 0) is 45.3 Å². The summed E-state index contributed by atoms with van der Waals surface area (Å²) in [7, 11) is 0. The van der Waals surface area contributed by atoms with E-state index in [1.807, 2.05) is 0 Å². The van der Waals surface area contributed by atoms with Crippen LogP contribution in [0.2, 0.25) is 10.0 Å². The maximum absolute atomic E-state index is 13.4. The molecule has 2 aromatic carbocycles. The van der Waals surface area contributed by atoms with E-state index in [0.29, 0.717) is 21.2 Å². The first-order valence-corrected chi connectivity index (χ1v) is 7.10. The Morgan fingerprint density at radius 2 is 1.68 bits per heavy atom. The van der Waals surface area contributed by atoms with Gasteiger partial charge in [-0.2, -0.15) is 0 Å².